The van der Waals surface area contributed by atoms with E-state index in [2.05, 4.69) is 21.7 Å². The number of rotatable bonds is 4. The van der Waals surface area contributed by atoms with Gasteiger partial charge in [0.15, 0.2) is 11.4 Å². The molecule has 2 N–H and O–H groups in total. The van der Waals surface area contributed by atoms with Crippen molar-refractivity contribution in [3.8, 4) is 0 Å². The Hall–Kier alpha value is -1.24. The van der Waals surface area contributed by atoms with Gasteiger partial charge >= 0.3 is 0 Å². The molecule has 2 fully saturated rings. The Labute approximate surface area is 150 Å². The van der Waals surface area contributed by atoms with E-state index in [4.69, 9.17) is 16.3 Å². The van der Waals surface area contributed by atoms with Crippen molar-refractivity contribution in [2.24, 2.45) is 10.9 Å². The van der Waals surface area contributed by atoms with Gasteiger partial charge in [-0.1, -0.05) is 29.4 Å². The molecular weight excluding hydrogens is 346 g/mol. The van der Waals surface area contributed by atoms with Gasteiger partial charge in [0.1, 0.15) is 6.10 Å². The van der Waals surface area contributed by atoms with Gasteiger partial charge in [-0.15, -0.1) is 0 Å². The summed E-state index contributed by atoms with van der Waals surface area (Å²) in [6.45, 7) is 4.75. The number of hydrogen-bond acceptors (Lipinski definition) is 5. The number of aliphatic imine (C=N–C) groups is 1. The highest BCUT2D eigenvalue weighted by Crippen LogP contribution is 2.39. The molecule has 0 spiro atoms. The van der Waals surface area contributed by atoms with Gasteiger partial charge in [-0.3, -0.25) is 9.79 Å². The molecule has 3 unspecified atom stereocenters. The maximum Gasteiger partial charge on any atom is 0.229 e. The van der Waals surface area contributed by atoms with Crippen molar-refractivity contribution in [2.75, 3.05) is 11.9 Å². The van der Waals surface area contributed by atoms with Gasteiger partial charge < -0.3 is 15.4 Å². The number of hydrogen-bond donors (Lipinski definition) is 2. The third kappa shape index (κ3) is 3.41. The molecule has 7 heteroatoms. The van der Waals surface area contributed by atoms with E-state index in [9.17, 15) is 4.79 Å². The topological polar surface area (TPSA) is 66.0 Å². The van der Waals surface area contributed by atoms with Crippen molar-refractivity contribution in [3.63, 3.8) is 0 Å². The summed E-state index contributed by atoms with van der Waals surface area (Å²) >= 11 is 7.94. The zero-order valence-electron chi connectivity index (χ0n) is 13.6. The second-order valence-electron chi connectivity index (χ2n) is 6.67. The fraction of sp³-hybridized carbons (Fsp3) is 0.529. The molecule has 4 rings (SSSR count). The lowest BCUT2D eigenvalue weighted by atomic mass is 10.1. The number of benzene rings is 1. The fourth-order valence-electron chi connectivity index (χ4n) is 2.95. The summed E-state index contributed by atoms with van der Waals surface area (Å²) in [5, 5.41) is 7.99. The average Bonchev–Trinajstić information content (AvgIpc) is 3.43. The van der Waals surface area contributed by atoms with Crippen LogP contribution in [0.2, 0.25) is 5.02 Å². The normalized spacial score (nSPS) is 28.5. The molecule has 2 heterocycles. The van der Waals surface area contributed by atoms with E-state index in [-0.39, 0.29) is 29.4 Å². The van der Waals surface area contributed by atoms with Crippen molar-refractivity contribution >= 4 is 40.1 Å². The molecule has 1 aromatic rings. The lowest BCUT2D eigenvalue weighted by Crippen LogP contribution is -2.29. The second-order valence-corrected chi connectivity index (χ2v) is 8.31. The number of anilines is 1. The molecule has 0 aromatic heterocycles. The molecule has 24 heavy (non-hydrogen) atoms. The van der Waals surface area contributed by atoms with Gasteiger partial charge in [-0.2, -0.15) is 0 Å². The molecule has 0 radical (unpaired) electrons. The van der Waals surface area contributed by atoms with Crippen LogP contribution in [0.15, 0.2) is 17.1 Å². The molecule has 1 aromatic carbocycles. The van der Waals surface area contributed by atoms with E-state index >= 15 is 0 Å². The van der Waals surface area contributed by atoms with Crippen LogP contribution in [-0.2, 0) is 9.53 Å². The first kappa shape index (κ1) is 16.2. The molecular formula is C17H20ClN3O2S. The maximum absolute atomic E-state index is 11.8. The van der Waals surface area contributed by atoms with Gasteiger partial charge in [0, 0.05) is 5.92 Å². The summed E-state index contributed by atoms with van der Waals surface area (Å²) in [7, 11) is 0. The lowest BCUT2D eigenvalue weighted by molar-refractivity contribution is -0.120. The van der Waals surface area contributed by atoms with Crippen LogP contribution >= 0.6 is 23.4 Å². The number of amidine groups is 1. The van der Waals surface area contributed by atoms with Crippen LogP contribution in [0.4, 0.5) is 5.69 Å². The number of amides is 1. The number of aryl methyl sites for hydroxylation is 2. The third-order valence-corrected chi connectivity index (χ3v) is 5.94. The Kier molecular flexibility index (Phi) is 4.22. The first-order valence-electron chi connectivity index (χ1n) is 8.22. The quantitative estimate of drug-likeness (QED) is 0.805. The second kappa shape index (κ2) is 6.24. The standard InChI is InChI=1S/C17H20ClN3O2S/c1-8-5-9(2)13(11(18)6-8)20-16-14(23-16)12-7-19-17(24-12)21-15(22)10-3-4-10/h5-6,10,12,14,16,20H,3-4,7H2,1-2H3,(H,19,21,22). The highest BCUT2D eigenvalue weighted by atomic mass is 35.5. The zero-order valence-corrected chi connectivity index (χ0v) is 15.2. The summed E-state index contributed by atoms with van der Waals surface area (Å²) < 4.78 is 5.78. The van der Waals surface area contributed by atoms with Gasteiger partial charge in [0.05, 0.1) is 22.5 Å². The van der Waals surface area contributed by atoms with E-state index < -0.39 is 0 Å². The molecule has 5 nitrogen and oxygen atoms in total. The number of halogens is 1. The summed E-state index contributed by atoms with van der Waals surface area (Å²) in [5.41, 5.74) is 3.19. The molecule has 1 amide bonds. The molecule has 1 saturated heterocycles. The van der Waals surface area contributed by atoms with Gasteiger partial charge in [0.2, 0.25) is 5.91 Å². The number of ether oxygens (including phenoxy) is 1. The highest BCUT2D eigenvalue weighted by Gasteiger charge is 2.48. The van der Waals surface area contributed by atoms with Gasteiger partial charge in [-0.05, 0) is 43.9 Å². The Bertz CT molecular complexity index is 697. The van der Waals surface area contributed by atoms with Gasteiger partial charge in [-0.25, -0.2) is 0 Å². The summed E-state index contributed by atoms with van der Waals surface area (Å²) in [6.07, 6.45) is 2.05. The van der Waals surface area contributed by atoms with Crippen molar-refractivity contribution < 1.29 is 9.53 Å². The lowest BCUT2D eigenvalue weighted by Gasteiger charge is -2.11. The number of carbonyl (C=O) groups is 1. The van der Waals surface area contributed by atoms with Crippen LogP contribution in [0.25, 0.3) is 0 Å². The molecule has 1 aliphatic carbocycles. The van der Waals surface area contributed by atoms with E-state index in [1.165, 1.54) is 0 Å². The minimum absolute atomic E-state index is 0.0462. The Balaban J connectivity index is 1.31. The third-order valence-electron chi connectivity index (χ3n) is 4.47. The maximum atomic E-state index is 11.8. The molecule has 0 bridgehead atoms. The van der Waals surface area contributed by atoms with Crippen LogP contribution in [0.3, 0.4) is 0 Å². The minimum Gasteiger partial charge on any atom is -0.357 e. The van der Waals surface area contributed by atoms with Crippen LogP contribution < -0.4 is 10.6 Å². The van der Waals surface area contributed by atoms with Crippen molar-refractivity contribution in [1.82, 2.24) is 5.32 Å². The molecule has 1 saturated carbocycles. The summed E-state index contributed by atoms with van der Waals surface area (Å²) in [6, 6.07) is 4.05. The van der Waals surface area contributed by atoms with Crippen molar-refractivity contribution in [2.45, 2.75) is 44.3 Å². The van der Waals surface area contributed by atoms with Gasteiger partial charge in [0.25, 0.3) is 0 Å². The predicted molar refractivity (Wildman–Crippen MR) is 97.8 cm³/mol. The number of nitrogens with zero attached hydrogens (tertiary/aromatic N) is 1. The Morgan fingerprint density at radius 1 is 1.38 bits per heavy atom. The predicted octanol–water partition coefficient (Wildman–Crippen LogP) is 3.09. The van der Waals surface area contributed by atoms with E-state index in [1.54, 1.807) is 11.8 Å². The SMILES string of the molecule is Cc1cc(C)c(NC2OC2C2CN=C(NC(=O)C3CC3)S2)c(Cl)c1. The van der Waals surface area contributed by atoms with Crippen LogP contribution in [0.1, 0.15) is 24.0 Å². The molecule has 2 aliphatic heterocycles. The largest absolute Gasteiger partial charge is 0.357 e. The number of nitrogens with one attached hydrogen (secondary N) is 2. The number of epoxide rings is 1. The molecule has 3 atom stereocenters. The first-order valence-corrected chi connectivity index (χ1v) is 9.48. The summed E-state index contributed by atoms with van der Waals surface area (Å²) in [4.78, 5) is 16.2. The summed E-state index contributed by atoms with van der Waals surface area (Å²) in [5.74, 6) is 0.306. The molecule has 3 aliphatic rings. The molecule has 128 valence electrons. The Morgan fingerprint density at radius 2 is 2.17 bits per heavy atom. The number of carbonyl (C=O) groups excluding carboxylic acids is 1. The van der Waals surface area contributed by atoms with Crippen molar-refractivity contribution in [1.29, 1.82) is 0 Å². The van der Waals surface area contributed by atoms with Crippen LogP contribution in [0, 0.1) is 19.8 Å². The van der Waals surface area contributed by atoms with E-state index in [0.717, 1.165) is 39.8 Å². The van der Waals surface area contributed by atoms with E-state index in [1.807, 2.05) is 19.9 Å². The highest BCUT2D eigenvalue weighted by molar-refractivity contribution is 8.14. The monoisotopic (exact) mass is 365 g/mol. The van der Waals surface area contributed by atoms with E-state index in [0.29, 0.717) is 6.54 Å². The minimum atomic E-state index is -0.0462. The van der Waals surface area contributed by atoms with Crippen LogP contribution in [0.5, 0.6) is 0 Å². The zero-order chi connectivity index (χ0) is 16.8. The number of thioether (sulfide) groups is 1. The fourth-order valence-corrected chi connectivity index (χ4v) is 4.41. The average molecular weight is 366 g/mol. The Morgan fingerprint density at radius 3 is 2.88 bits per heavy atom. The first-order chi connectivity index (χ1) is 11.5. The smallest absolute Gasteiger partial charge is 0.229 e. The van der Waals surface area contributed by atoms with Crippen molar-refractivity contribution in [3.05, 3.63) is 28.3 Å². The van der Waals surface area contributed by atoms with Crippen LogP contribution in [-0.4, -0.2) is 35.2 Å².